The predicted octanol–water partition coefficient (Wildman–Crippen LogP) is -0.960. The third-order valence-corrected chi connectivity index (χ3v) is 1.08. The Morgan fingerprint density at radius 3 is 2.00 bits per heavy atom. The van der Waals surface area contributed by atoms with Gasteiger partial charge in [-0.2, -0.15) is 13.8 Å². The van der Waals surface area contributed by atoms with Gasteiger partial charge in [0, 0.05) is 0 Å². The van der Waals surface area contributed by atoms with Crippen molar-refractivity contribution >= 4 is 12.6 Å². The molecule has 1 rings (SSSR count). The maximum atomic E-state index is 12.2. The molecule has 0 aliphatic carbocycles. The molecule has 1 aromatic rings. The average molecular weight is 159 g/mol. The van der Waals surface area contributed by atoms with E-state index in [9.17, 15) is 8.78 Å². The topological polar surface area (TPSA) is 53.4 Å². The smallest absolute Gasteiger partial charge is 0.423 e. The largest absolute Gasteiger partial charge is 0.488 e. The van der Waals surface area contributed by atoms with Crippen LogP contribution in [-0.4, -0.2) is 22.2 Å². The van der Waals surface area contributed by atoms with Crippen molar-refractivity contribution in [3.05, 3.63) is 24.0 Å². The number of rotatable bonds is 1. The molecule has 11 heavy (non-hydrogen) atoms. The first-order valence-electron chi connectivity index (χ1n) is 2.78. The predicted molar refractivity (Wildman–Crippen MR) is 34.0 cm³/mol. The molecule has 0 saturated carbocycles. The number of pyridine rings is 1. The molecule has 58 valence electrons. The molecule has 0 aliphatic rings. The summed E-state index contributed by atoms with van der Waals surface area (Å²) in [5.74, 6) is -2.15. The van der Waals surface area contributed by atoms with Crippen LogP contribution in [0.25, 0.3) is 0 Å². The summed E-state index contributed by atoms with van der Waals surface area (Å²) in [6.07, 6.45) is 0. The van der Waals surface area contributed by atoms with Crippen molar-refractivity contribution < 1.29 is 18.8 Å². The third kappa shape index (κ3) is 1.96. The lowest BCUT2D eigenvalue weighted by molar-refractivity contribution is 0.424. The van der Waals surface area contributed by atoms with E-state index >= 15 is 0 Å². The van der Waals surface area contributed by atoms with Gasteiger partial charge in [-0.25, -0.2) is 0 Å². The quantitative estimate of drug-likeness (QED) is 0.409. The van der Waals surface area contributed by atoms with E-state index in [1.54, 1.807) is 0 Å². The lowest BCUT2D eigenvalue weighted by atomic mass is 9.81. The molecule has 1 heterocycles. The second-order valence-corrected chi connectivity index (χ2v) is 1.92. The molecule has 1 aromatic heterocycles. The standard InChI is InChI=1S/C5H4BF2NO2/c7-4-1-3(6(10)11)2-5(8)9-4/h1-2,10-11H. The van der Waals surface area contributed by atoms with E-state index in [4.69, 9.17) is 10.0 Å². The van der Waals surface area contributed by atoms with Gasteiger partial charge >= 0.3 is 7.12 Å². The Bertz CT molecular complexity index is 248. The highest BCUT2D eigenvalue weighted by Crippen LogP contribution is 1.93. The molecule has 3 nitrogen and oxygen atoms in total. The van der Waals surface area contributed by atoms with Gasteiger partial charge in [-0.15, -0.1) is 0 Å². The summed E-state index contributed by atoms with van der Waals surface area (Å²) in [4.78, 5) is 2.76. The zero-order valence-corrected chi connectivity index (χ0v) is 5.33. The number of hydrogen-bond acceptors (Lipinski definition) is 3. The molecule has 0 bridgehead atoms. The maximum absolute atomic E-state index is 12.2. The molecule has 0 aliphatic heterocycles. The van der Waals surface area contributed by atoms with Crippen molar-refractivity contribution in [2.24, 2.45) is 0 Å². The van der Waals surface area contributed by atoms with Gasteiger partial charge in [0.25, 0.3) is 0 Å². The van der Waals surface area contributed by atoms with Gasteiger partial charge in [0.15, 0.2) is 0 Å². The first kappa shape index (κ1) is 8.09. The van der Waals surface area contributed by atoms with Crippen molar-refractivity contribution in [1.82, 2.24) is 4.98 Å². The molecule has 0 amide bonds. The van der Waals surface area contributed by atoms with Crippen molar-refractivity contribution in [2.45, 2.75) is 0 Å². The Morgan fingerprint density at radius 2 is 1.64 bits per heavy atom. The Kier molecular flexibility index (Phi) is 2.16. The Morgan fingerprint density at radius 1 is 1.18 bits per heavy atom. The van der Waals surface area contributed by atoms with Crippen molar-refractivity contribution in [3.8, 4) is 0 Å². The summed E-state index contributed by atoms with van der Waals surface area (Å²) < 4.78 is 24.4. The van der Waals surface area contributed by atoms with Gasteiger partial charge in [-0.3, -0.25) is 0 Å². The van der Waals surface area contributed by atoms with E-state index in [-0.39, 0.29) is 5.46 Å². The van der Waals surface area contributed by atoms with Gasteiger partial charge in [0.05, 0.1) is 0 Å². The second-order valence-electron chi connectivity index (χ2n) is 1.92. The van der Waals surface area contributed by atoms with E-state index < -0.39 is 19.0 Å². The van der Waals surface area contributed by atoms with Gasteiger partial charge in [0.2, 0.25) is 11.9 Å². The molecular weight excluding hydrogens is 155 g/mol. The van der Waals surface area contributed by atoms with Crippen molar-refractivity contribution in [1.29, 1.82) is 0 Å². The molecule has 0 fully saturated rings. The number of aromatic nitrogens is 1. The Hall–Kier alpha value is -1.01. The molecule has 6 heteroatoms. The van der Waals surface area contributed by atoms with E-state index in [0.29, 0.717) is 0 Å². The summed E-state index contributed by atoms with van der Waals surface area (Å²) in [5.41, 5.74) is -0.255. The summed E-state index contributed by atoms with van der Waals surface area (Å²) in [5, 5.41) is 16.9. The van der Waals surface area contributed by atoms with E-state index in [2.05, 4.69) is 4.98 Å². The van der Waals surface area contributed by atoms with Crippen LogP contribution in [-0.2, 0) is 0 Å². The number of hydrogen-bond donors (Lipinski definition) is 2. The van der Waals surface area contributed by atoms with Crippen LogP contribution in [0.2, 0.25) is 0 Å². The fraction of sp³-hybridized carbons (Fsp3) is 0. The SMILES string of the molecule is OB(O)c1cc(F)nc(F)c1. The first-order valence-corrected chi connectivity index (χ1v) is 2.78. The fourth-order valence-corrected chi connectivity index (χ4v) is 0.632. The Labute approximate surface area is 61.5 Å². The van der Waals surface area contributed by atoms with Crippen molar-refractivity contribution in [3.63, 3.8) is 0 Å². The lowest BCUT2D eigenvalue weighted by Crippen LogP contribution is -2.30. The molecule has 0 unspecified atom stereocenters. The summed E-state index contributed by atoms with van der Waals surface area (Å²) >= 11 is 0. The molecular formula is C5H4BF2NO2. The van der Waals surface area contributed by atoms with E-state index in [1.165, 1.54) is 0 Å². The average Bonchev–Trinajstić information content (AvgIpc) is 1.85. The number of halogens is 2. The molecule has 2 N–H and O–H groups in total. The minimum atomic E-state index is -1.87. The van der Waals surface area contributed by atoms with Gasteiger partial charge < -0.3 is 10.0 Å². The van der Waals surface area contributed by atoms with Crippen LogP contribution in [0, 0.1) is 11.9 Å². The van der Waals surface area contributed by atoms with Crippen LogP contribution in [0.15, 0.2) is 12.1 Å². The second kappa shape index (κ2) is 2.94. The van der Waals surface area contributed by atoms with Crippen molar-refractivity contribution in [2.75, 3.05) is 0 Å². The van der Waals surface area contributed by atoms with Crippen LogP contribution in [0.4, 0.5) is 8.78 Å². The molecule has 0 radical (unpaired) electrons. The van der Waals surface area contributed by atoms with Crippen LogP contribution in [0.1, 0.15) is 0 Å². The van der Waals surface area contributed by atoms with Crippen LogP contribution < -0.4 is 5.46 Å². The number of nitrogens with zero attached hydrogens (tertiary/aromatic N) is 1. The Balaban J connectivity index is 3.08. The highest BCUT2D eigenvalue weighted by atomic mass is 19.1. The zero-order valence-electron chi connectivity index (χ0n) is 5.33. The fourth-order valence-electron chi connectivity index (χ4n) is 0.632. The van der Waals surface area contributed by atoms with E-state index in [0.717, 1.165) is 12.1 Å². The van der Waals surface area contributed by atoms with E-state index in [1.807, 2.05) is 0 Å². The van der Waals surface area contributed by atoms with Crippen LogP contribution in [0.5, 0.6) is 0 Å². The molecule has 0 saturated heterocycles. The van der Waals surface area contributed by atoms with Gasteiger partial charge in [0.1, 0.15) is 0 Å². The van der Waals surface area contributed by atoms with Gasteiger partial charge in [-0.05, 0) is 17.6 Å². The first-order chi connectivity index (χ1) is 5.09. The summed E-state index contributed by atoms with van der Waals surface area (Å²) in [6, 6.07) is 1.49. The highest BCUT2D eigenvalue weighted by Gasteiger charge is 2.13. The summed E-state index contributed by atoms with van der Waals surface area (Å²) in [7, 11) is -1.87. The molecule has 0 atom stereocenters. The van der Waals surface area contributed by atoms with Crippen LogP contribution >= 0.6 is 0 Å². The maximum Gasteiger partial charge on any atom is 0.488 e. The van der Waals surface area contributed by atoms with Gasteiger partial charge in [-0.1, -0.05) is 0 Å². The highest BCUT2D eigenvalue weighted by molar-refractivity contribution is 6.58. The van der Waals surface area contributed by atoms with Crippen LogP contribution in [0.3, 0.4) is 0 Å². The summed E-state index contributed by atoms with van der Waals surface area (Å²) in [6.45, 7) is 0. The zero-order chi connectivity index (χ0) is 8.43. The third-order valence-electron chi connectivity index (χ3n) is 1.08. The lowest BCUT2D eigenvalue weighted by Gasteiger charge is -1.97. The minimum absolute atomic E-state index is 0.255. The molecule has 0 aromatic carbocycles. The monoisotopic (exact) mass is 159 g/mol. The molecule has 0 spiro atoms. The normalized spacial score (nSPS) is 9.82. The minimum Gasteiger partial charge on any atom is -0.423 e.